The van der Waals surface area contributed by atoms with Crippen LogP contribution in [0.3, 0.4) is 0 Å². The van der Waals surface area contributed by atoms with Gasteiger partial charge in [-0.05, 0) is 38.1 Å². The zero-order chi connectivity index (χ0) is 13.6. The van der Waals surface area contributed by atoms with Crippen LogP contribution >= 0.6 is 0 Å². The molecular formula is C12H19NO4S. The summed E-state index contributed by atoms with van der Waals surface area (Å²) < 4.78 is 36.6. The summed E-state index contributed by atoms with van der Waals surface area (Å²) in [7, 11) is -1.97. The summed E-state index contributed by atoms with van der Waals surface area (Å²) in [6, 6.07) is 6.05. The fraction of sp³-hybridized carbons (Fsp3) is 0.500. The van der Waals surface area contributed by atoms with Crippen LogP contribution in [0.15, 0.2) is 29.2 Å². The Morgan fingerprint density at radius 3 is 2.39 bits per heavy atom. The summed E-state index contributed by atoms with van der Waals surface area (Å²) in [6.45, 7) is 4.50. The first kappa shape index (κ1) is 14.9. The van der Waals surface area contributed by atoms with E-state index in [9.17, 15) is 8.42 Å². The van der Waals surface area contributed by atoms with E-state index in [2.05, 4.69) is 4.72 Å². The number of ether oxygens (including phenoxy) is 2. The first-order valence-corrected chi connectivity index (χ1v) is 7.22. The zero-order valence-corrected chi connectivity index (χ0v) is 11.7. The van der Waals surface area contributed by atoms with Crippen molar-refractivity contribution in [2.24, 2.45) is 0 Å². The standard InChI is InChI=1S/C12H19NO4S/c1-4-17-11-5-7-12(8-6-11)18(14,15)13-10(2)9-16-3/h5-8,10,13H,4,9H2,1-3H3/t10-/m0/s1. The van der Waals surface area contributed by atoms with Crippen molar-refractivity contribution in [2.45, 2.75) is 24.8 Å². The summed E-state index contributed by atoms with van der Waals surface area (Å²) in [4.78, 5) is 0.217. The van der Waals surface area contributed by atoms with Gasteiger partial charge in [0.1, 0.15) is 5.75 Å². The van der Waals surface area contributed by atoms with Crippen LogP contribution in [0.1, 0.15) is 13.8 Å². The highest BCUT2D eigenvalue weighted by molar-refractivity contribution is 7.89. The molecule has 0 unspecified atom stereocenters. The van der Waals surface area contributed by atoms with E-state index in [0.29, 0.717) is 19.0 Å². The fourth-order valence-corrected chi connectivity index (χ4v) is 2.73. The highest BCUT2D eigenvalue weighted by Gasteiger charge is 2.17. The van der Waals surface area contributed by atoms with E-state index in [4.69, 9.17) is 9.47 Å². The molecule has 0 bridgehead atoms. The van der Waals surface area contributed by atoms with E-state index >= 15 is 0 Å². The van der Waals surface area contributed by atoms with Crippen LogP contribution in [-0.4, -0.2) is 34.8 Å². The highest BCUT2D eigenvalue weighted by Crippen LogP contribution is 2.16. The van der Waals surface area contributed by atoms with E-state index in [0.717, 1.165) is 0 Å². The maximum atomic E-state index is 12.0. The van der Waals surface area contributed by atoms with Crippen LogP contribution in [0.2, 0.25) is 0 Å². The molecule has 1 aromatic carbocycles. The summed E-state index contributed by atoms with van der Waals surface area (Å²) in [5.41, 5.74) is 0. The SMILES string of the molecule is CCOc1ccc(S(=O)(=O)N[C@@H](C)COC)cc1. The van der Waals surface area contributed by atoms with Crippen LogP contribution in [0.4, 0.5) is 0 Å². The van der Waals surface area contributed by atoms with Crippen molar-refractivity contribution in [3.8, 4) is 5.75 Å². The molecule has 0 heterocycles. The molecule has 102 valence electrons. The van der Waals surface area contributed by atoms with Crippen molar-refractivity contribution in [2.75, 3.05) is 20.3 Å². The molecular weight excluding hydrogens is 254 g/mol. The Hall–Kier alpha value is -1.11. The molecule has 1 atom stereocenters. The van der Waals surface area contributed by atoms with Gasteiger partial charge in [-0.3, -0.25) is 0 Å². The minimum atomic E-state index is -3.50. The molecule has 5 nitrogen and oxygen atoms in total. The third kappa shape index (κ3) is 4.29. The molecule has 0 radical (unpaired) electrons. The first-order chi connectivity index (χ1) is 8.49. The van der Waals surface area contributed by atoms with Crippen molar-refractivity contribution in [1.82, 2.24) is 4.72 Å². The lowest BCUT2D eigenvalue weighted by molar-refractivity contribution is 0.180. The van der Waals surface area contributed by atoms with Crippen molar-refractivity contribution < 1.29 is 17.9 Å². The molecule has 0 amide bonds. The number of methoxy groups -OCH3 is 1. The predicted octanol–water partition coefficient (Wildman–Crippen LogP) is 1.40. The molecule has 0 saturated carbocycles. The molecule has 0 aromatic heterocycles. The van der Waals surface area contributed by atoms with E-state index in [1.165, 1.54) is 19.2 Å². The number of sulfonamides is 1. The van der Waals surface area contributed by atoms with Crippen LogP contribution < -0.4 is 9.46 Å². The number of rotatable bonds is 7. The van der Waals surface area contributed by atoms with Gasteiger partial charge in [-0.25, -0.2) is 13.1 Å². The van der Waals surface area contributed by atoms with Gasteiger partial charge in [0.25, 0.3) is 0 Å². The predicted molar refractivity (Wildman–Crippen MR) is 69.3 cm³/mol. The number of hydrogen-bond acceptors (Lipinski definition) is 4. The highest BCUT2D eigenvalue weighted by atomic mass is 32.2. The number of benzene rings is 1. The van der Waals surface area contributed by atoms with Gasteiger partial charge in [0, 0.05) is 13.2 Å². The summed E-state index contributed by atoms with van der Waals surface area (Å²) >= 11 is 0. The lowest BCUT2D eigenvalue weighted by Gasteiger charge is -2.13. The monoisotopic (exact) mass is 273 g/mol. The molecule has 0 saturated heterocycles. The third-order valence-corrected chi connectivity index (χ3v) is 3.82. The molecule has 0 spiro atoms. The van der Waals surface area contributed by atoms with Crippen LogP contribution in [0.25, 0.3) is 0 Å². The zero-order valence-electron chi connectivity index (χ0n) is 10.8. The van der Waals surface area contributed by atoms with Crippen molar-refractivity contribution >= 4 is 10.0 Å². The summed E-state index contributed by atoms with van der Waals surface area (Å²) in [5, 5.41) is 0. The fourth-order valence-electron chi connectivity index (χ4n) is 1.50. The number of nitrogens with one attached hydrogen (secondary N) is 1. The quantitative estimate of drug-likeness (QED) is 0.815. The molecule has 0 fully saturated rings. The maximum absolute atomic E-state index is 12.0. The molecule has 0 aliphatic rings. The summed E-state index contributed by atoms with van der Waals surface area (Å²) in [6.07, 6.45) is 0. The van der Waals surface area contributed by atoms with Gasteiger partial charge in [0.15, 0.2) is 0 Å². The van der Waals surface area contributed by atoms with Crippen LogP contribution in [-0.2, 0) is 14.8 Å². The minimum Gasteiger partial charge on any atom is -0.494 e. The molecule has 1 N–H and O–H groups in total. The Morgan fingerprint density at radius 2 is 1.89 bits per heavy atom. The van der Waals surface area contributed by atoms with Gasteiger partial charge in [-0.2, -0.15) is 0 Å². The van der Waals surface area contributed by atoms with Gasteiger partial charge >= 0.3 is 0 Å². The third-order valence-electron chi connectivity index (χ3n) is 2.22. The average Bonchev–Trinajstić information content (AvgIpc) is 2.29. The van der Waals surface area contributed by atoms with E-state index in [1.54, 1.807) is 19.1 Å². The molecule has 18 heavy (non-hydrogen) atoms. The topological polar surface area (TPSA) is 64.6 Å². The Morgan fingerprint density at radius 1 is 1.28 bits per heavy atom. The second-order valence-corrected chi connectivity index (χ2v) is 5.60. The van der Waals surface area contributed by atoms with Crippen molar-refractivity contribution in [1.29, 1.82) is 0 Å². The van der Waals surface area contributed by atoms with Gasteiger partial charge in [-0.1, -0.05) is 0 Å². The van der Waals surface area contributed by atoms with Crippen molar-refractivity contribution in [3.05, 3.63) is 24.3 Å². The van der Waals surface area contributed by atoms with Gasteiger partial charge in [0.05, 0.1) is 18.1 Å². The largest absolute Gasteiger partial charge is 0.494 e. The van der Waals surface area contributed by atoms with E-state index < -0.39 is 10.0 Å². The minimum absolute atomic E-state index is 0.217. The second-order valence-electron chi connectivity index (χ2n) is 3.88. The molecule has 0 aliphatic heterocycles. The normalized spacial score (nSPS) is 13.3. The Kier molecular flexibility index (Phi) is 5.58. The summed E-state index contributed by atoms with van der Waals surface area (Å²) in [5.74, 6) is 0.654. The Balaban J connectivity index is 2.78. The van der Waals surface area contributed by atoms with Gasteiger partial charge < -0.3 is 9.47 Å². The van der Waals surface area contributed by atoms with Gasteiger partial charge in [-0.15, -0.1) is 0 Å². The second kappa shape index (κ2) is 6.72. The Labute approximate surface area is 108 Å². The molecule has 6 heteroatoms. The van der Waals surface area contributed by atoms with Crippen molar-refractivity contribution in [3.63, 3.8) is 0 Å². The number of hydrogen-bond donors (Lipinski definition) is 1. The van der Waals surface area contributed by atoms with E-state index in [1.807, 2.05) is 6.92 Å². The van der Waals surface area contributed by atoms with Gasteiger partial charge in [0.2, 0.25) is 10.0 Å². The first-order valence-electron chi connectivity index (χ1n) is 5.73. The smallest absolute Gasteiger partial charge is 0.240 e. The maximum Gasteiger partial charge on any atom is 0.240 e. The van der Waals surface area contributed by atoms with E-state index in [-0.39, 0.29) is 10.9 Å². The molecule has 0 aliphatic carbocycles. The van der Waals surface area contributed by atoms with Crippen LogP contribution in [0, 0.1) is 0 Å². The van der Waals surface area contributed by atoms with Crippen LogP contribution in [0.5, 0.6) is 5.75 Å². The molecule has 1 rings (SSSR count). The Bertz CT molecular complexity index is 455. The average molecular weight is 273 g/mol. The molecule has 1 aromatic rings. The lowest BCUT2D eigenvalue weighted by atomic mass is 10.3. The lowest BCUT2D eigenvalue weighted by Crippen LogP contribution is -2.35.